The number of nitrogens with zero attached hydrogens (tertiary/aromatic N) is 3. The second kappa shape index (κ2) is 8.55. The first-order valence-electron chi connectivity index (χ1n) is 6.34. The van der Waals surface area contributed by atoms with Crippen LogP contribution in [0.5, 0.6) is 0 Å². The van der Waals surface area contributed by atoms with Gasteiger partial charge < -0.3 is 45.2 Å². The van der Waals surface area contributed by atoms with E-state index in [1.54, 1.807) is 0 Å². The Bertz CT molecular complexity index is 380. The van der Waals surface area contributed by atoms with Crippen LogP contribution in [-0.2, 0) is 9.47 Å². The van der Waals surface area contributed by atoms with Crippen molar-refractivity contribution in [2.24, 2.45) is 5.11 Å². The van der Waals surface area contributed by atoms with E-state index in [0.29, 0.717) is 0 Å². The summed E-state index contributed by atoms with van der Waals surface area (Å²) in [6, 6.07) is 0. The lowest BCUT2D eigenvalue weighted by molar-refractivity contribution is -0.252. The SMILES string of the molecule is OC1[C@@H](O)[C@H](O)CO[C@@H]1O.[N-]=[N+]=NC[C@H]1OC(O)C(O)[C@H]1O. The van der Waals surface area contributed by atoms with Gasteiger partial charge in [-0.05, 0) is 5.53 Å². The van der Waals surface area contributed by atoms with Gasteiger partial charge in [0.25, 0.3) is 0 Å². The Morgan fingerprint density at radius 2 is 1.50 bits per heavy atom. The minimum atomic E-state index is -1.41. The highest BCUT2D eigenvalue weighted by atomic mass is 16.6. The van der Waals surface area contributed by atoms with Gasteiger partial charge in [-0.2, -0.15) is 0 Å². The van der Waals surface area contributed by atoms with Crippen molar-refractivity contribution in [3.63, 3.8) is 0 Å². The summed E-state index contributed by atoms with van der Waals surface area (Å²) in [4.78, 5) is 2.45. The number of hydrogen-bond acceptors (Lipinski definition) is 10. The molecule has 0 aromatic carbocycles. The zero-order chi connectivity index (χ0) is 16.9. The molecule has 2 rings (SSSR count). The molecule has 2 fully saturated rings. The zero-order valence-corrected chi connectivity index (χ0v) is 11.3. The standard InChI is InChI=1S/C5H9N3O4.C5H10O5/c6-8-7-1-2-3(9)4(10)5(11)12-2;6-2-1-10-5(9)4(8)3(2)7/h2-5,9-11H,1H2;2-9H,1H2/t2-,3+,4?,5?;2-,3+,4?,5+/m11/s1. The van der Waals surface area contributed by atoms with Crippen LogP contribution in [0.3, 0.4) is 0 Å². The van der Waals surface area contributed by atoms with Gasteiger partial charge in [0.2, 0.25) is 0 Å². The number of azide groups is 1. The third kappa shape index (κ3) is 4.72. The van der Waals surface area contributed by atoms with E-state index in [4.69, 9.17) is 41.3 Å². The molecular weight excluding hydrogens is 306 g/mol. The van der Waals surface area contributed by atoms with Gasteiger partial charge in [-0.15, -0.1) is 0 Å². The van der Waals surface area contributed by atoms with Gasteiger partial charge in [0, 0.05) is 4.91 Å². The summed E-state index contributed by atoms with van der Waals surface area (Å²) in [6.45, 7) is -0.259. The predicted octanol–water partition coefficient (Wildman–Crippen LogP) is -3.85. The molecule has 128 valence electrons. The van der Waals surface area contributed by atoms with Crippen molar-refractivity contribution in [1.82, 2.24) is 0 Å². The molecule has 0 aromatic heterocycles. The molecule has 2 heterocycles. The van der Waals surface area contributed by atoms with Crippen molar-refractivity contribution in [2.45, 2.75) is 49.2 Å². The van der Waals surface area contributed by atoms with Gasteiger partial charge in [-0.1, -0.05) is 5.11 Å². The molecule has 0 amide bonds. The van der Waals surface area contributed by atoms with Crippen molar-refractivity contribution in [3.8, 4) is 0 Å². The maximum Gasteiger partial charge on any atom is 0.183 e. The van der Waals surface area contributed by atoms with E-state index >= 15 is 0 Å². The molecule has 8 atom stereocenters. The molecular formula is C10H19N3O9. The number of rotatable bonds is 2. The van der Waals surface area contributed by atoms with Gasteiger partial charge in [-0.25, -0.2) is 0 Å². The molecule has 0 aromatic rings. The Labute approximate surface area is 124 Å². The molecule has 7 N–H and O–H groups in total. The van der Waals surface area contributed by atoms with Crippen molar-refractivity contribution in [1.29, 1.82) is 0 Å². The lowest BCUT2D eigenvalue weighted by atomic mass is 10.1. The molecule has 0 radical (unpaired) electrons. The summed E-state index contributed by atoms with van der Waals surface area (Å²) in [5.74, 6) is 0. The Morgan fingerprint density at radius 1 is 0.909 bits per heavy atom. The topological polar surface area (TPSA) is 209 Å². The highest BCUT2D eigenvalue weighted by Gasteiger charge is 2.41. The summed E-state index contributed by atoms with van der Waals surface area (Å²) in [5, 5.41) is 65.4. The van der Waals surface area contributed by atoms with Crippen LogP contribution in [0.1, 0.15) is 0 Å². The quantitative estimate of drug-likeness (QED) is 0.150. The van der Waals surface area contributed by atoms with Gasteiger partial charge in [-0.3, -0.25) is 0 Å². The van der Waals surface area contributed by atoms with E-state index in [0.717, 1.165) is 0 Å². The molecule has 2 saturated heterocycles. The Kier molecular flexibility index (Phi) is 7.38. The molecule has 12 heteroatoms. The predicted molar refractivity (Wildman–Crippen MR) is 66.9 cm³/mol. The van der Waals surface area contributed by atoms with Crippen molar-refractivity contribution in [2.75, 3.05) is 13.2 Å². The van der Waals surface area contributed by atoms with Crippen LogP contribution in [0.2, 0.25) is 0 Å². The third-order valence-electron chi connectivity index (χ3n) is 3.14. The zero-order valence-electron chi connectivity index (χ0n) is 11.3. The number of aliphatic hydroxyl groups excluding tert-OH is 7. The molecule has 12 nitrogen and oxygen atoms in total. The summed E-state index contributed by atoms with van der Waals surface area (Å²) in [5.41, 5.74) is 7.94. The lowest BCUT2D eigenvalue weighted by Crippen LogP contribution is -2.52. The van der Waals surface area contributed by atoms with Crippen LogP contribution < -0.4 is 0 Å². The first-order valence-corrected chi connectivity index (χ1v) is 6.34. The Balaban J connectivity index is 0.000000224. The molecule has 22 heavy (non-hydrogen) atoms. The highest BCUT2D eigenvalue weighted by molar-refractivity contribution is 4.86. The molecule has 0 bridgehead atoms. The summed E-state index contributed by atoms with van der Waals surface area (Å²) in [7, 11) is 0. The second-order valence-corrected chi connectivity index (χ2v) is 4.73. The fraction of sp³-hybridized carbons (Fsp3) is 1.00. The smallest absolute Gasteiger partial charge is 0.183 e. The summed E-state index contributed by atoms with van der Waals surface area (Å²) < 4.78 is 9.15. The number of aliphatic hydroxyl groups is 7. The molecule has 2 aliphatic rings. The van der Waals surface area contributed by atoms with E-state index in [1.807, 2.05) is 0 Å². The van der Waals surface area contributed by atoms with E-state index in [1.165, 1.54) is 0 Å². The van der Waals surface area contributed by atoms with E-state index in [-0.39, 0.29) is 13.2 Å². The van der Waals surface area contributed by atoms with Crippen molar-refractivity contribution in [3.05, 3.63) is 10.4 Å². The van der Waals surface area contributed by atoms with Crippen LogP contribution in [0.25, 0.3) is 10.4 Å². The first-order chi connectivity index (χ1) is 10.3. The number of ether oxygens (including phenoxy) is 2. The van der Waals surface area contributed by atoms with Gasteiger partial charge >= 0.3 is 0 Å². The maximum absolute atomic E-state index is 9.14. The van der Waals surface area contributed by atoms with Crippen LogP contribution in [0.15, 0.2) is 5.11 Å². The third-order valence-corrected chi connectivity index (χ3v) is 3.14. The van der Waals surface area contributed by atoms with E-state index in [9.17, 15) is 0 Å². The van der Waals surface area contributed by atoms with E-state index in [2.05, 4.69) is 19.5 Å². The minimum absolute atomic E-state index is 0.105. The van der Waals surface area contributed by atoms with E-state index < -0.39 is 49.2 Å². The fourth-order valence-corrected chi connectivity index (χ4v) is 1.79. The largest absolute Gasteiger partial charge is 0.388 e. The fourth-order valence-electron chi connectivity index (χ4n) is 1.79. The molecule has 2 aliphatic heterocycles. The summed E-state index contributed by atoms with van der Waals surface area (Å²) >= 11 is 0. The molecule has 0 aliphatic carbocycles. The average Bonchev–Trinajstić information content (AvgIpc) is 2.75. The van der Waals surface area contributed by atoms with Gasteiger partial charge in [0.05, 0.1) is 19.3 Å². The highest BCUT2D eigenvalue weighted by Crippen LogP contribution is 2.19. The normalized spacial score (nSPS) is 44.7. The van der Waals surface area contributed by atoms with Crippen molar-refractivity contribution >= 4 is 0 Å². The summed E-state index contributed by atoms with van der Waals surface area (Å²) in [6.07, 6.45) is -10.00. The van der Waals surface area contributed by atoms with Crippen LogP contribution in [-0.4, -0.2) is 98.1 Å². The van der Waals surface area contributed by atoms with Crippen molar-refractivity contribution < 1.29 is 45.2 Å². The van der Waals surface area contributed by atoms with Crippen LogP contribution in [0, 0.1) is 0 Å². The van der Waals surface area contributed by atoms with Gasteiger partial charge in [0.15, 0.2) is 12.6 Å². The molecule has 3 unspecified atom stereocenters. The maximum atomic E-state index is 9.14. The second-order valence-electron chi connectivity index (χ2n) is 4.73. The first kappa shape index (κ1) is 19.0. The molecule has 0 saturated carbocycles. The Morgan fingerprint density at radius 3 is 1.95 bits per heavy atom. The van der Waals surface area contributed by atoms with Gasteiger partial charge in [0.1, 0.15) is 30.5 Å². The number of hydrogen-bond donors (Lipinski definition) is 7. The minimum Gasteiger partial charge on any atom is -0.388 e. The average molecular weight is 325 g/mol. The Hall–Kier alpha value is -1.05. The molecule has 0 spiro atoms. The monoisotopic (exact) mass is 325 g/mol. The van der Waals surface area contributed by atoms with Crippen LogP contribution in [0.4, 0.5) is 0 Å². The van der Waals surface area contributed by atoms with Crippen LogP contribution >= 0.6 is 0 Å². The lowest BCUT2D eigenvalue weighted by Gasteiger charge is -2.31.